The number of likely N-dealkylation sites (tertiary alicyclic amines) is 1. The number of ether oxygens (including phenoxy) is 3. The maximum atomic E-state index is 14.7. The molecule has 0 spiro atoms. The summed E-state index contributed by atoms with van der Waals surface area (Å²) in [6, 6.07) is 17.4. The van der Waals surface area contributed by atoms with E-state index < -0.39 is 57.2 Å². The minimum absolute atomic E-state index is 0.0510. The minimum atomic E-state index is -4.15. The van der Waals surface area contributed by atoms with Crippen LogP contribution in [-0.2, 0) is 56.9 Å². The van der Waals surface area contributed by atoms with Crippen molar-refractivity contribution in [1.82, 2.24) is 30.4 Å². The maximum absolute atomic E-state index is 14.7. The van der Waals surface area contributed by atoms with Gasteiger partial charge in [-0.3, -0.25) is 33.3 Å². The second-order valence-corrected chi connectivity index (χ2v) is 23.2. The number of anilines is 3. The van der Waals surface area contributed by atoms with E-state index in [9.17, 15) is 41.9 Å². The number of rotatable bonds is 25. The van der Waals surface area contributed by atoms with E-state index in [1.54, 1.807) is 62.7 Å². The van der Waals surface area contributed by atoms with E-state index in [4.69, 9.17) is 14.2 Å². The number of aliphatic hydroxyl groups is 1. The van der Waals surface area contributed by atoms with Crippen molar-refractivity contribution in [2.45, 2.75) is 89.9 Å². The molecule has 1 fully saturated rings. The van der Waals surface area contributed by atoms with Crippen molar-refractivity contribution in [3.05, 3.63) is 120 Å². The average Bonchev–Trinajstić information content (AvgIpc) is 4.00. The number of aliphatic hydroxyl groups excluding tert-OH is 1. The van der Waals surface area contributed by atoms with Crippen LogP contribution in [0.15, 0.2) is 88.0 Å². The third-order valence-corrected chi connectivity index (χ3v) is 15.5. The number of aromatic nitrogens is 2. The first-order valence-electron chi connectivity index (χ1n) is 24.7. The van der Waals surface area contributed by atoms with E-state index in [0.717, 1.165) is 27.3 Å². The number of aryl methyl sites for hydroxylation is 3. The average molecular weight is 1200 g/mol. The Morgan fingerprint density at radius 3 is 2.22 bits per heavy atom. The van der Waals surface area contributed by atoms with Crippen LogP contribution < -0.4 is 31.5 Å². The quantitative estimate of drug-likeness (QED) is 0.0296. The van der Waals surface area contributed by atoms with Crippen LogP contribution in [0, 0.1) is 28.6 Å². The van der Waals surface area contributed by atoms with Gasteiger partial charge in [-0.1, -0.05) is 57.2 Å². The SMILES string of the molecule is Cc1ncsc1-c1ccc([C@H](C)NC(=O)[C@@H]2C[C@@H](O)CN2C(=O)[C@@H](NC(=O)COCCOCCOCCNC(=O)CCc2ccc(S(=O)(=O)Nc3cc(C)c(=O)n(C)c3Nc3ccc(I)cc3F)cc2)C(C)(C)C)cc1. The normalized spacial score (nSPS) is 15.5. The number of hydrogen-bond acceptors (Lipinski definition) is 14. The standard InChI is InChI=1S/C53H66FIN8O11S2/c1-32-26-43(49(62(7)51(32)68)59-42-18-15-38(55)27-41(42)54)61-76(70,71)40-16-8-35(9-17-40)10-19-45(65)56-20-21-72-22-23-73-24-25-74-30-46(66)60-48(53(4,5)6)52(69)63-29-39(64)28-44(63)50(67)58-33(2)36-11-13-37(14-12-36)47-34(3)57-31-75-47/h8-9,11-18,26-27,31,33,39,44,48,59,61,64H,10,19-25,28-30H2,1-7H3,(H,56,65)(H,58,67)(H,60,66)/t33-,39+,44-,48+/m0/s1. The van der Waals surface area contributed by atoms with Crippen LogP contribution in [-0.4, -0.2) is 123 Å². The molecule has 5 aromatic rings. The van der Waals surface area contributed by atoms with E-state index in [1.807, 2.05) is 60.7 Å². The van der Waals surface area contributed by atoms with Crippen molar-refractivity contribution >= 4 is 84.8 Å². The molecule has 3 aromatic carbocycles. The van der Waals surface area contributed by atoms with Crippen LogP contribution >= 0.6 is 33.9 Å². The lowest BCUT2D eigenvalue weighted by Crippen LogP contribution is -2.58. The van der Waals surface area contributed by atoms with Gasteiger partial charge in [-0.2, -0.15) is 0 Å². The van der Waals surface area contributed by atoms with Crippen molar-refractivity contribution in [1.29, 1.82) is 0 Å². The third kappa shape index (κ3) is 16.3. The molecule has 1 saturated heterocycles. The highest BCUT2D eigenvalue weighted by Crippen LogP contribution is 2.31. The van der Waals surface area contributed by atoms with Gasteiger partial charge in [-0.15, -0.1) is 11.3 Å². The number of carbonyl (C=O) groups is 4. The summed E-state index contributed by atoms with van der Waals surface area (Å²) >= 11 is 3.53. The van der Waals surface area contributed by atoms with Crippen LogP contribution in [0.5, 0.6) is 0 Å². The predicted molar refractivity (Wildman–Crippen MR) is 296 cm³/mol. The number of hydrogen-bond donors (Lipinski definition) is 6. The Kier molecular flexibility index (Phi) is 21.1. The van der Waals surface area contributed by atoms with Gasteiger partial charge in [0.05, 0.1) is 77.5 Å². The number of amides is 4. The van der Waals surface area contributed by atoms with Crippen LogP contribution in [0.25, 0.3) is 10.4 Å². The van der Waals surface area contributed by atoms with Crippen LogP contribution in [0.1, 0.15) is 69.0 Å². The van der Waals surface area contributed by atoms with Gasteiger partial charge in [0, 0.05) is 42.1 Å². The molecular weight excluding hydrogens is 1130 g/mol. The highest BCUT2D eigenvalue weighted by atomic mass is 127. The van der Waals surface area contributed by atoms with Crippen molar-refractivity contribution in [3.8, 4) is 10.4 Å². The second-order valence-electron chi connectivity index (χ2n) is 19.5. The first-order valence-corrected chi connectivity index (χ1v) is 28.1. The monoisotopic (exact) mass is 1200 g/mol. The first-order chi connectivity index (χ1) is 36.0. The second kappa shape index (κ2) is 27.0. The number of pyridine rings is 1. The Hall–Kier alpha value is -5.83. The largest absolute Gasteiger partial charge is 0.391 e. The highest BCUT2D eigenvalue weighted by molar-refractivity contribution is 14.1. The van der Waals surface area contributed by atoms with Gasteiger partial charge in [-0.25, -0.2) is 17.8 Å². The topological polar surface area (TPSA) is 249 Å². The number of nitrogens with one attached hydrogen (secondary N) is 5. The maximum Gasteiger partial charge on any atom is 0.262 e. The fourth-order valence-electron chi connectivity index (χ4n) is 8.31. The molecule has 0 aliphatic carbocycles. The number of benzene rings is 3. The Morgan fingerprint density at radius 2 is 1.58 bits per heavy atom. The fraction of sp³-hybridized carbons (Fsp3) is 0.434. The summed E-state index contributed by atoms with van der Waals surface area (Å²) in [5.41, 5.74) is 4.64. The number of sulfonamides is 1. The lowest BCUT2D eigenvalue weighted by Gasteiger charge is -2.35. The molecule has 4 amide bonds. The van der Waals surface area contributed by atoms with E-state index in [0.29, 0.717) is 9.99 Å². The molecule has 0 unspecified atom stereocenters. The van der Waals surface area contributed by atoms with Crippen molar-refractivity contribution < 1.29 is 51.3 Å². The van der Waals surface area contributed by atoms with Crippen LogP contribution in [0.3, 0.4) is 0 Å². The summed E-state index contributed by atoms with van der Waals surface area (Å²) in [6.07, 6.45) is -0.353. The van der Waals surface area contributed by atoms with Gasteiger partial charge in [0.25, 0.3) is 15.6 Å². The molecule has 1 aliphatic rings. The van der Waals surface area contributed by atoms with Gasteiger partial charge >= 0.3 is 0 Å². The number of carbonyl (C=O) groups excluding carboxylic acids is 4. The van der Waals surface area contributed by atoms with Gasteiger partial charge in [-0.05, 0) is 108 Å². The Labute approximate surface area is 459 Å². The molecule has 6 rings (SSSR count). The molecule has 23 heteroatoms. The Balaban J connectivity index is 0.841. The predicted octanol–water partition coefficient (Wildman–Crippen LogP) is 5.88. The molecule has 1 aliphatic heterocycles. The van der Waals surface area contributed by atoms with Crippen molar-refractivity contribution in [2.24, 2.45) is 12.5 Å². The molecule has 0 saturated carbocycles. The summed E-state index contributed by atoms with van der Waals surface area (Å²) in [4.78, 5) is 72.6. The van der Waals surface area contributed by atoms with E-state index >= 15 is 0 Å². The Morgan fingerprint density at radius 1 is 0.908 bits per heavy atom. The number of nitrogens with zero attached hydrogens (tertiary/aromatic N) is 3. The molecule has 0 radical (unpaired) electrons. The molecule has 19 nitrogen and oxygen atoms in total. The highest BCUT2D eigenvalue weighted by Gasteiger charge is 2.44. The summed E-state index contributed by atoms with van der Waals surface area (Å²) in [5, 5.41) is 22.0. The van der Waals surface area contributed by atoms with Gasteiger partial charge in [0.15, 0.2) is 0 Å². The molecule has 0 bridgehead atoms. The lowest BCUT2D eigenvalue weighted by atomic mass is 9.85. The smallest absolute Gasteiger partial charge is 0.262 e. The summed E-state index contributed by atoms with van der Waals surface area (Å²) in [6.45, 7) is 11.6. The van der Waals surface area contributed by atoms with Gasteiger partial charge in [0.2, 0.25) is 23.6 Å². The summed E-state index contributed by atoms with van der Waals surface area (Å²) in [5.74, 6) is -2.15. The van der Waals surface area contributed by atoms with Crippen molar-refractivity contribution in [3.63, 3.8) is 0 Å². The molecular formula is C53H66FIN8O11S2. The molecule has 4 atom stereocenters. The van der Waals surface area contributed by atoms with Gasteiger partial charge < -0.3 is 45.5 Å². The zero-order chi connectivity index (χ0) is 55.3. The van der Waals surface area contributed by atoms with Gasteiger partial charge in [0.1, 0.15) is 30.3 Å². The van der Waals surface area contributed by atoms with Crippen LogP contribution in [0.4, 0.5) is 21.6 Å². The fourth-order valence-corrected chi connectivity index (χ4v) is 10.6. The zero-order valence-electron chi connectivity index (χ0n) is 43.5. The third-order valence-electron chi connectivity index (χ3n) is 12.5. The van der Waals surface area contributed by atoms with E-state index in [1.165, 1.54) is 46.8 Å². The number of thiazole rings is 1. The molecule has 76 heavy (non-hydrogen) atoms. The lowest BCUT2D eigenvalue weighted by molar-refractivity contribution is -0.144. The molecule has 2 aromatic heterocycles. The summed E-state index contributed by atoms with van der Waals surface area (Å²) in [7, 11) is -2.69. The number of β-amino-alcohol motifs (C(OH)–C–C–N with tert-alkyl or cyclic N) is 1. The molecule has 6 N–H and O–H groups in total. The number of halogens is 2. The summed E-state index contributed by atoms with van der Waals surface area (Å²) < 4.78 is 62.6. The first kappa shape index (κ1) is 59.4. The van der Waals surface area contributed by atoms with Crippen LogP contribution in [0.2, 0.25) is 0 Å². The minimum Gasteiger partial charge on any atom is -0.391 e. The Bertz CT molecular complexity index is 3010. The zero-order valence-corrected chi connectivity index (χ0v) is 47.3. The molecule has 3 heterocycles. The van der Waals surface area contributed by atoms with Crippen molar-refractivity contribution in [2.75, 3.05) is 62.8 Å². The van der Waals surface area contributed by atoms with E-state index in [-0.39, 0.29) is 111 Å². The van der Waals surface area contributed by atoms with E-state index in [2.05, 4.69) is 31.0 Å². The molecule has 410 valence electrons.